The number of rotatable bonds is 3. The number of halogens is 1. The quantitative estimate of drug-likeness (QED) is 0.346. The first-order chi connectivity index (χ1) is 12.6. The highest BCUT2D eigenvalue weighted by molar-refractivity contribution is 14.1. The lowest BCUT2D eigenvalue weighted by Gasteiger charge is -2.09. The molecule has 6 nitrogen and oxygen atoms in total. The van der Waals surface area contributed by atoms with Crippen molar-refractivity contribution in [3.05, 3.63) is 67.8 Å². The number of aromatic nitrogens is 2. The van der Waals surface area contributed by atoms with Crippen molar-refractivity contribution >= 4 is 34.1 Å². The van der Waals surface area contributed by atoms with Crippen molar-refractivity contribution in [1.29, 1.82) is 0 Å². The van der Waals surface area contributed by atoms with Gasteiger partial charge in [-0.05, 0) is 66.1 Å². The molecule has 0 spiro atoms. The standard InChI is InChI=1S/C19H17IN4O2/c20-14-5-3-4-13(12-14)18-17-6-1-2-11-21-19(17)23(22-18)15-7-9-16(10-8-15)24(25)26/h3-5,7-10,12,21H,1-2,6,11H2. The third-order valence-corrected chi connectivity index (χ3v) is 5.20. The van der Waals surface area contributed by atoms with Crippen molar-refractivity contribution in [2.24, 2.45) is 0 Å². The van der Waals surface area contributed by atoms with Crippen molar-refractivity contribution in [3.63, 3.8) is 0 Å². The van der Waals surface area contributed by atoms with Crippen molar-refractivity contribution in [3.8, 4) is 16.9 Å². The zero-order valence-electron chi connectivity index (χ0n) is 14.0. The van der Waals surface area contributed by atoms with Crippen LogP contribution in [0.3, 0.4) is 0 Å². The summed E-state index contributed by atoms with van der Waals surface area (Å²) >= 11 is 2.31. The first-order valence-electron chi connectivity index (χ1n) is 8.50. The molecule has 1 aliphatic rings. The van der Waals surface area contributed by atoms with E-state index >= 15 is 0 Å². The predicted octanol–water partition coefficient (Wildman–Crippen LogP) is 4.80. The van der Waals surface area contributed by atoms with Gasteiger partial charge in [0, 0.05) is 33.4 Å². The molecule has 0 fully saturated rings. The summed E-state index contributed by atoms with van der Waals surface area (Å²) in [6, 6.07) is 14.8. The normalized spacial score (nSPS) is 13.6. The fourth-order valence-electron chi connectivity index (χ4n) is 3.27. The van der Waals surface area contributed by atoms with Crippen LogP contribution in [0.4, 0.5) is 11.5 Å². The third-order valence-electron chi connectivity index (χ3n) is 4.53. The maximum atomic E-state index is 10.9. The molecule has 26 heavy (non-hydrogen) atoms. The van der Waals surface area contributed by atoms with E-state index in [4.69, 9.17) is 5.10 Å². The summed E-state index contributed by atoms with van der Waals surface area (Å²) in [5.41, 5.74) is 4.18. The van der Waals surface area contributed by atoms with Crippen LogP contribution >= 0.6 is 22.6 Å². The number of benzene rings is 2. The summed E-state index contributed by atoms with van der Waals surface area (Å²) in [7, 11) is 0. The molecule has 1 aliphatic heterocycles. The van der Waals surface area contributed by atoms with Crippen LogP contribution in [-0.2, 0) is 6.42 Å². The lowest BCUT2D eigenvalue weighted by molar-refractivity contribution is -0.384. The van der Waals surface area contributed by atoms with Gasteiger partial charge in [0.15, 0.2) is 0 Å². The Morgan fingerprint density at radius 3 is 2.69 bits per heavy atom. The molecule has 3 aromatic rings. The van der Waals surface area contributed by atoms with Crippen LogP contribution in [0.1, 0.15) is 18.4 Å². The van der Waals surface area contributed by atoms with Gasteiger partial charge in [-0.3, -0.25) is 10.1 Å². The summed E-state index contributed by atoms with van der Waals surface area (Å²) in [5.74, 6) is 0.991. The SMILES string of the molecule is O=[N+]([O-])c1ccc(-n2nc(-c3cccc(I)c3)c3c2NCCCC3)cc1. The first kappa shape index (κ1) is 17.0. The second-order valence-electron chi connectivity index (χ2n) is 6.26. The zero-order chi connectivity index (χ0) is 18.1. The van der Waals surface area contributed by atoms with Gasteiger partial charge < -0.3 is 5.32 Å². The lowest BCUT2D eigenvalue weighted by Crippen LogP contribution is -2.07. The second kappa shape index (κ2) is 7.06. The number of non-ortho nitro benzene ring substituents is 1. The summed E-state index contributed by atoms with van der Waals surface area (Å²) in [6.45, 7) is 0.900. The molecule has 0 saturated carbocycles. The van der Waals surface area contributed by atoms with Gasteiger partial charge in [0.2, 0.25) is 0 Å². The Balaban J connectivity index is 1.86. The van der Waals surface area contributed by atoms with E-state index < -0.39 is 0 Å². The third kappa shape index (κ3) is 3.18. The monoisotopic (exact) mass is 460 g/mol. The molecule has 1 N–H and O–H groups in total. The van der Waals surface area contributed by atoms with E-state index in [1.807, 2.05) is 10.7 Å². The highest BCUT2D eigenvalue weighted by atomic mass is 127. The summed E-state index contributed by atoms with van der Waals surface area (Å²) in [4.78, 5) is 10.5. The summed E-state index contributed by atoms with van der Waals surface area (Å²) in [6.07, 6.45) is 3.19. The molecule has 0 atom stereocenters. The van der Waals surface area contributed by atoms with Crippen molar-refractivity contribution in [1.82, 2.24) is 9.78 Å². The molecule has 0 radical (unpaired) electrons. The molecule has 7 heteroatoms. The molecule has 0 saturated heterocycles. The Kier molecular flexibility index (Phi) is 4.62. The molecule has 132 valence electrons. The van der Waals surface area contributed by atoms with Gasteiger partial charge in [-0.15, -0.1) is 0 Å². The maximum Gasteiger partial charge on any atom is 0.269 e. The smallest absolute Gasteiger partial charge is 0.269 e. The van der Waals surface area contributed by atoms with Crippen molar-refractivity contribution in [2.75, 3.05) is 11.9 Å². The van der Waals surface area contributed by atoms with Crippen molar-refractivity contribution < 1.29 is 4.92 Å². The van der Waals surface area contributed by atoms with E-state index in [0.29, 0.717) is 0 Å². The molecule has 0 amide bonds. The molecule has 2 aromatic carbocycles. The average Bonchev–Trinajstić information content (AvgIpc) is 2.83. The van der Waals surface area contributed by atoms with Gasteiger partial charge in [-0.2, -0.15) is 5.10 Å². The Morgan fingerprint density at radius 2 is 1.96 bits per heavy atom. The van der Waals surface area contributed by atoms with E-state index in [9.17, 15) is 10.1 Å². The van der Waals surface area contributed by atoms with Gasteiger partial charge in [-0.25, -0.2) is 4.68 Å². The molecule has 0 aliphatic carbocycles. The van der Waals surface area contributed by atoms with Gasteiger partial charge in [0.05, 0.1) is 16.3 Å². The molecular weight excluding hydrogens is 443 g/mol. The molecule has 4 rings (SSSR count). The van der Waals surface area contributed by atoms with Crippen LogP contribution in [0.2, 0.25) is 0 Å². The topological polar surface area (TPSA) is 73.0 Å². The van der Waals surface area contributed by atoms with Crippen LogP contribution < -0.4 is 5.32 Å². The van der Waals surface area contributed by atoms with Crippen LogP contribution in [0.25, 0.3) is 16.9 Å². The minimum absolute atomic E-state index is 0.0813. The van der Waals surface area contributed by atoms with Crippen LogP contribution in [0.5, 0.6) is 0 Å². The fraction of sp³-hybridized carbons (Fsp3) is 0.211. The summed E-state index contributed by atoms with van der Waals surface area (Å²) in [5, 5.41) is 19.3. The molecule has 0 unspecified atom stereocenters. The number of nitrogens with zero attached hydrogens (tertiary/aromatic N) is 3. The first-order valence-corrected chi connectivity index (χ1v) is 9.58. The van der Waals surface area contributed by atoms with Crippen LogP contribution in [0, 0.1) is 13.7 Å². The molecule has 1 aromatic heterocycles. The number of nitrogens with one attached hydrogen (secondary N) is 1. The number of fused-ring (bicyclic) bond motifs is 1. The Labute approximate surface area is 164 Å². The zero-order valence-corrected chi connectivity index (χ0v) is 16.1. The van der Waals surface area contributed by atoms with Gasteiger partial charge >= 0.3 is 0 Å². The Morgan fingerprint density at radius 1 is 1.15 bits per heavy atom. The Bertz CT molecular complexity index is 966. The number of hydrogen-bond donors (Lipinski definition) is 1. The average molecular weight is 460 g/mol. The number of anilines is 1. The molecule has 0 bridgehead atoms. The van der Waals surface area contributed by atoms with Gasteiger partial charge in [0.1, 0.15) is 5.82 Å². The highest BCUT2D eigenvalue weighted by Gasteiger charge is 2.22. The van der Waals surface area contributed by atoms with Gasteiger partial charge in [0.25, 0.3) is 5.69 Å². The van der Waals surface area contributed by atoms with E-state index in [1.165, 1.54) is 21.3 Å². The molecule has 2 heterocycles. The predicted molar refractivity (Wildman–Crippen MR) is 110 cm³/mol. The second-order valence-corrected chi connectivity index (χ2v) is 7.50. The number of hydrogen-bond acceptors (Lipinski definition) is 4. The number of nitro groups is 1. The van der Waals surface area contributed by atoms with E-state index in [2.05, 4.69) is 46.1 Å². The van der Waals surface area contributed by atoms with E-state index in [0.717, 1.165) is 48.6 Å². The highest BCUT2D eigenvalue weighted by Crippen LogP contribution is 2.34. The van der Waals surface area contributed by atoms with Crippen LogP contribution in [-0.4, -0.2) is 21.2 Å². The van der Waals surface area contributed by atoms with Crippen LogP contribution in [0.15, 0.2) is 48.5 Å². The van der Waals surface area contributed by atoms with E-state index in [-0.39, 0.29) is 10.6 Å². The largest absolute Gasteiger partial charge is 0.370 e. The van der Waals surface area contributed by atoms with Crippen molar-refractivity contribution in [2.45, 2.75) is 19.3 Å². The van der Waals surface area contributed by atoms with Gasteiger partial charge in [-0.1, -0.05) is 12.1 Å². The minimum atomic E-state index is -0.386. The maximum absolute atomic E-state index is 10.9. The number of nitro benzene ring substituents is 1. The lowest BCUT2D eigenvalue weighted by atomic mass is 10.0. The molecular formula is C19H17IN4O2. The minimum Gasteiger partial charge on any atom is -0.370 e. The Hall–Kier alpha value is -2.42. The fourth-order valence-corrected chi connectivity index (χ4v) is 3.82. The van der Waals surface area contributed by atoms with E-state index in [1.54, 1.807) is 12.1 Å². The summed E-state index contributed by atoms with van der Waals surface area (Å²) < 4.78 is 3.04.